The Kier molecular flexibility index (Phi) is 5.58. The molecule has 0 bridgehead atoms. The fourth-order valence-corrected chi connectivity index (χ4v) is 2.88. The zero-order chi connectivity index (χ0) is 17.9. The molecule has 1 amide bonds. The Hall–Kier alpha value is -1.96. The molecule has 132 valence electrons. The average Bonchev–Trinajstić information content (AvgIpc) is 3.05. The summed E-state index contributed by atoms with van der Waals surface area (Å²) >= 11 is 1.21. The van der Waals surface area contributed by atoms with Gasteiger partial charge >= 0.3 is 6.09 Å². The zero-order valence-electron chi connectivity index (χ0n) is 14.9. The molecule has 0 unspecified atom stereocenters. The number of nitrogens with zero attached hydrogens (tertiary/aromatic N) is 4. The van der Waals surface area contributed by atoms with E-state index < -0.39 is 5.60 Å². The second-order valence-electron chi connectivity index (χ2n) is 6.73. The lowest BCUT2D eigenvalue weighted by molar-refractivity contribution is 0.0221. The van der Waals surface area contributed by atoms with Crippen molar-refractivity contribution < 1.29 is 9.53 Å². The number of rotatable bonds is 2. The van der Waals surface area contributed by atoms with Gasteiger partial charge in [0.15, 0.2) is 10.8 Å². The number of hydrogen-bond donors (Lipinski definition) is 1. The Morgan fingerprint density at radius 1 is 1.42 bits per heavy atom. The number of amides is 1. The van der Waals surface area contributed by atoms with Crippen molar-refractivity contribution in [1.29, 1.82) is 5.41 Å². The third kappa shape index (κ3) is 4.31. The Balaban J connectivity index is 2.20. The molecule has 7 nitrogen and oxygen atoms in total. The molecule has 1 aromatic rings. The second kappa shape index (κ2) is 7.29. The molecule has 0 atom stereocenters. The van der Waals surface area contributed by atoms with Gasteiger partial charge in [0.2, 0.25) is 0 Å². The van der Waals surface area contributed by atoms with Crippen LogP contribution < -0.4 is 0 Å². The Bertz CT molecular complexity index is 633. The Morgan fingerprint density at radius 2 is 2.12 bits per heavy atom. The third-order valence-electron chi connectivity index (χ3n) is 3.77. The van der Waals surface area contributed by atoms with Crippen LogP contribution in [0.25, 0.3) is 0 Å². The third-order valence-corrected chi connectivity index (χ3v) is 4.44. The van der Waals surface area contributed by atoms with Crippen LogP contribution in [0.2, 0.25) is 0 Å². The smallest absolute Gasteiger partial charge is 0.410 e. The first-order valence-corrected chi connectivity index (χ1v) is 8.80. The van der Waals surface area contributed by atoms with Crippen molar-refractivity contribution in [2.75, 3.05) is 19.6 Å². The van der Waals surface area contributed by atoms with Crippen molar-refractivity contribution in [1.82, 2.24) is 19.2 Å². The zero-order valence-corrected chi connectivity index (χ0v) is 15.7. The number of aromatic nitrogens is 2. The van der Waals surface area contributed by atoms with Crippen LogP contribution in [-0.2, 0) is 4.74 Å². The molecular weight excluding hydrogens is 326 g/mol. The summed E-state index contributed by atoms with van der Waals surface area (Å²) in [5, 5.41) is 9.01. The van der Waals surface area contributed by atoms with Crippen LogP contribution in [0, 0.1) is 5.41 Å². The molecule has 2 heterocycles. The first-order chi connectivity index (χ1) is 11.2. The molecule has 2 rings (SSSR count). The fraction of sp³-hybridized carbons (Fsp3) is 0.625. The lowest BCUT2D eigenvalue weighted by atomic mass is 10.1. The summed E-state index contributed by atoms with van der Waals surface area (Å²) in [5.74, 6) is 0.337. The van der Waals surface area contributed by atoms with Gasteiger partial charge in [0.05, 0.1) is 6.54 Å². The first-order valence-electron chi connectivity index (χ1n) is 8.02. The highest BCUT2D eigenvalue weighted by atomic mass is 32.1. The number of hydrogen-bond acceptors (Lipinski definition) is 6. The summed E-state index contributed by atoms with van der Waals surface area (Å²) in [6, 6.07) is 0. The lowest BCUT2D eigenvalue weighted by Gasteiger charge is -2.39. The molecule has 0 radical (unpaired) electrons. The summed E-state index contributed by atoms with van der Waals surface area (Å²) in [7, 11) is 0. The number of nitrogens with one attached hydrogen (secondary N) is 1. The molecule has 24 heavy (non-hydrogen) atoms. The molecule has 1 saturated heterocycles. The molecule has 1 aliphatic heterocycles. The summed E-state index contributed by atoms with van der Waals surface area (Å²) in [6.45, 7) is 11.2. The summed E-state index contributed by atoms with van der Waals surface area (Å²) in [5.41, 5.74) is 1.60. The minimum absolute atomic E-state index is 0.314. The normalized spacial score (nSPS) is 17.7. The van der Waals surface area contributed by atoms with Gasteiger partial charge in [-0.3, -0.25) is 5.41 Å². The first kappa shape index (κ1) is 18.4. The SMILES string of the molecule is CC/C(C)=C1\CN(C(=O)OC(C)(C)C)CCN1C(=N)c1ncns1. The number of ether oxygens (including phenoxy) is 1. The number of allylic oxidation sites excluding steroid dienone is 1. The topological polar surface area (TPSA) is 82.4 Å². The number of piperazine rings is 1. The van der Waals surface area contributed by atoms with E-state index in [1.54, 1.807) is 4.90 Å². The van der Waals surface area contributed by atoms with Crippen LogP contribution in [-0.4, -0.2) is 56.3 Å². The fourth-order valence-electron chi connectivity index (χ4n) is 2.39. The van der Waals surface area contributed by atoms with Crippen LogP contribution in [0.5, 0.6) is 0 Å². The minimum atomic E-state index is -0.517. The highest BCUT2D eigenvalue weighted by Gasteiger charge is 2.31. The van der Waals surface area contributed by atoms with Gasteiger partial charge in [-0.25, -0.2) is 9.78 Å². The molecule has 0 aromatic carbocycles. The van der Waals surface area contributed by atoms with E-state index >= 15 is 0 Å². The summed E-state index contributed by atoms with van der Waals surface area (Å²) < 4.78 is 9.45. The van der Waals surface area contributed by atoms with E-state index in [1.807, 2.05) is 32.6 Å². The highest BCUT2D eigenvalue weighted by Crippen LogP contribution is 2.23. The number of carbonyl (C=O) groups is 1. The van der Waals surface area contributed by atoms with Gasteiger partial charge < -0.3 is 14.5 Å². The van der Waals surface area contributed by atoms with Crippen molar-refractivity contribution in [2.45, 2.75) is 46.6 Å². The van der Waals surface area contributed by atoms with Crippen LogP contribution in [0.1, 0.15) is 46.0 Å². The highest BCUT2D eigenvalue weighted by molar-refractivity contribution is 7.07. The van der Waals surface area contributed by atoms with Crippen LogP contribution in [0.4, 0.5) is 4.79 Å². The summed E-state index contributed by atoms with van der Waals surface area (Å²) in [4.78, 5) is 20.1. The molecule has 0 aliphatic carbocycles. The summed E-state index contributed by atoms with van der Waals surface area (Å²) in [6.07, 6.45) is 2.00. The Morgan fingerprint density at radius 3 is 2.67 bits per heavy atom. The van der Waals surface area contributed by atoms with Crippen molar-refractivity contribution in [3.05, 3.63) is 22.6 Å². The molecule has 0 spiro atoms. The van der Waals surface area contributed by atoms with Crippen molar-refractivity contribution in [2.24, 2.45) is 0 Å². The maximum absolute atomic E-state index is 12.4. The van der Waals surface area contributed by atoms with E-state index in [4.69, 9.17) is 10.1 Å². The maximum Gasteiger partial charge on any atom is 0.410 e. The molecule has 1 N–H and O–H groups in total. The Labute approximate surface area is 147 Å². The van der Waals surface area contributed by atoms with Gasteiger partial charge in [-0.05, 0) is 45.6 Å². The van der Waals surface area contributed by atoms with Crippen LogP contribution in [0.15, 0.2) is 17.6 Å². The maximum atomic E-state index is 12.4. The van der Waals surface area contributed by atoms with E-state index in [9.17, 15) is 4.79 Å². The van der Waals surface area contributed by atoms with Gasteiger partial charge in [-0.15, -0.1) is 0 Å². The predicted octanol–water partition coefficient (Wildman–Crippen LogP) is 3.10. The van der Waals surface area contributed by atoms with E-state index in [0.29, 0.717) is 30.5 Å². The predicted molar refractivity (Wildman–Crippen MR) is 94.2 cm³/mol. The van der Waals surface area contributed by atoms with Gasteiger partial charge in [0, 0.05) is 18.8 Å². The quantitative estimate of drug-likeness (QED) is 0.654. The molecule has 1 aliphatic rings. The standard InChI is InChI=1S/C16H25N5O2S/c1-6-11(2)12-9-20(15(22)23-16(3,4)5)7-8-21(12)13(17)14-18-10-19-24-14/h10,17H,6-9H2,1-5H3/b12-11+,17-13?. The van der Waals surface area contributed by atoms with Gasteiger partial charge in [0.1, 0.15) is 11.9 Å². The number of carbonyl (C=O) groups excluding carboxylic acids is 1. The van der Waals surface area contributed by atoms with Crippen LogP contribution >= 0.6 is 11.5 Å². The van der Waals surface area contributed by atoms with E-state index in [0.717, 1.165) is 17.7 Å². The average molecular weight is 351 g/mol. The van der Waals surface area contributed by atoms with E-state index in [-0.39, 0.29) is 6.09 Å². The largest absolute Gasteiger partial charge is 0.444 e. The second-order valence-corrected chi connectivity index (χ2v) is 7.51. The van der Waals surface area contributed by atoms with Crippen molar-refractivity contribution in [3.8, 4) is 0 Å². The molecule has 1 aromatic heterocycles. The van der Waals surface area contributed by atoms with Gasteiger partial charge in [-0.2, -0.15) is 4.37 Å². The van der Waals surface area contributed by atoms with Gasteiger partial charge in [-0.1, -0.05) is 12.5 Å². The van der Waals surface area contributed by atoms with Crippen molar-refractivity contribution in [3.63, 3.8) is 0 Å². The van der Waals surface area contributed by atoms with Gasteiger partial charge in [0.25, 0.3) is 0 Å². The molecular formula is C16H25N5O2S. The molecule has 0 saturated carbocycles. The van der Waals surface area contributed by atoms with Crippen LogP contribution in [0.3, 0.4) is 0 Å². The lowest BCUT2D eigenvalue weighted by Crippen LogP contribution is -2.50. The van der Waals surface area contributed by atoms with Crippen molar-refractivity contribution >= 4 is 23.5 Å². The minimum Gasteiger partial charge on any atom is -0.444 e. The monoisotopic (exact) mass is 351 g/mol. The van der Waals surface area contributed by atoms with E-state index in [1.165, 1.54) is 17.9 Å². The van der Waals surface area contributed by atoms with E-state index in [2.05, 4.69) is 16.3 Å². The molecule has 1 fully saturated rings. The number of amidine groups is 1. The molecule has 8 heteroatoms.